The summed E-state index contributed by atoms with van der Waals surface area (Å²) in [6.07, 6.45) is -0.472. The molecule has 0 saturated heterocycles. The van der Waals surface area contributed by atoms with E-state index in [-0.39, 0.29) is 11.1 Å². The molecule has 0 radical (unpaired) electrons. The first-order valence-corrected chi connectivity index (χ1v) is 6.89. The number of aliphatic hydroxyl groups excluding tert-OH is 1. The molecule has 0 bridgehead atoms. The fourth-order valence-corrected chi connectivity index (χ4v) is 2.13. The second kappa shape index (κ2) is 6.36. The molecule has 6 heteroatoms. The van der Waals surface area contributed by atoms with Crippen LogP contribution in [0.2, 0.25) is 0 Å². The Balaban J connectivity index is 2.42. The number of H-pyrrole nitrogens is 1. The van der Waals surface area contributed by atoms with Crippen LogP contribution in [0.5, 0.6) is 0 Å². The summed E-state index contributed by atoms with van der Waals surface area (Å²) in [5.74, 6) is 0.496. The maximum Gasteiger partial charge on any atom is 0.251 e. The molecule has 0 aliphatic rings. The first kappa shape index (κ1) is 15.2. The Labute approximate surface area is 111 Å². The number of rotatable bonds is 5. The van der Waals surface area contributed by atoms with Crippen molar-refractivity contribution in [3.63, 3.8) is 0 Å². The van der Waals surface area contributed by atoms with Gasteiger partial charge < -0.3 is 15.4 Å². The van der Waals surface area contributed by atoms with E-state index in [0.717, 1.165) is 0 Å². The molecule has 1 aromatic rings. The van der Waals surface area contributed by atoms with Gasteiger partial charge in [-0.15, -0.1) is 0 Å². The maximum atomic E-state index is 11.2. The summed E-state index contributed by atoms with van der Waals surface area (Å²) in [5, 5.41) is 13.6. The van der Waals surface area contributed by atoms with Crippen LogP contribution < -0.4 is 10.9 Å². The third-order valence-electron chi connectivity index (χ3n) is 2.13. The Morgan fingerprint density at radius 3 is 2.78 bits per heavy atom. The highest BCUT2D eigenvalue weighted by molar-refractivity contribution is 7.99. The van der Waals surface area contributed by atoms with Gasteiger partial charge in [0.05, 0.1) is 6.10 Å². The molecule has 0 amide bonds. The van der Waals surface area contributed by atoms with E-state index < -0.39 is 6.10 Å². The van der Waals surface area contributed by atoms with Crippen molar-refractivity contribution in [2.45, 2.75) is 44.5 Å². The number of thioether (sulfide) groups is 1. The molecule has 0 aliphatic heterocycles. The van der Waals surface area contributed by atoms with Crippen LogP contribution in [0, 0.1) is 6.92 Å². The lowest BCUT2D eigenvalue weighted by Gasteiger charge is -2.22. The van der Waals surface area contributed by atoms with Gasteiger partial charge in [0.15, 0.2) is 5.16 Å². The highest BCUT2D eigenvalue weighted by atomic mass is 32.2. The number of aromatic nitrogens is 2. The maximum absolute atomic E-state index is 11.2. The van der Waals surface area contributed by atoms with E-state index in [4.69, 9.17) is 0 Å². The first-order valence-electron chi connectivity index (χ1n) is 5.90. The summed E-state index contributed by atoms with van der Waals surface area (Å²) in [4.78, 5) is 18.1. The third kappa shape index (κ3) is 6.18. The zero-order valence-electron chi connectivity index (χ0n) is 11.3. The van der Waals surface area contributed by atoms with Gasteiger partial charge in [0.1, 0.15) is 0 Å². The number of β-amino-alcohol motifs (C(OH)–C–C–N with tert-alkyl or cyclic N) is 1. The van der Waals surface area contributed by atoms with Crippen LogP contribution in [0.15, 0.2) is 16.0 Å². The van der Waals surface area contributed by atoms with Gasteiger partial charge in [0, 0.05) is 29.6 Å². The number of aromatic amines is 1. The topological polar surface area (TPSA) is 78.0 Å². The van der Waals surface area contributed by atoms with E-state index in [2.05, 4.69) is 15.3 Å². The Kier molecular flexibility index (Phi) is 5.37. The summed E-state index contributed by atoms with van der Waals surface area (Å²) in [6, 6.07) is 1.45. The number of nitrogens with one attached hydrogen (secondary N) is 2. The second-order valence-corrected chi connectivity index (χ2v) is 6.30. The van der Waals surface area contributed by atoms with Crippen LogP contribution in [-0.2, 0) is 0 Å². The van der Waals surface area contributed by atoms with E-state index in [1.807, 2.05) is 20.8 Å². The molecular formula is C12H21N3O2S. The predicted octanol–water partition coefficient (Wildman–Crippen LogP) is 0.919. The lowest BCUT2D eigenvalue weighted by molar-refractivity contribution is 0.183. The van der Waals surface area contributed by atoms with E-state index >= 15 is 0 Å². The van der Waals surface area contributed by atoms with Crippen molar-refractivity contribution in [1.82, 2.24) is 15.3 Å². The Bertz CT molecular complexity index is 440. The minimum atomic E-state index is -0.472. The molecule has 0 spiro atoms. The summed E-state index contributed by atoms with van der Waals surface area (Å²) < 4.78 is 0. The normalized spacial score (nSPS) is 13.6. The van der Waals surface area contributed by atoms with Gasteiger partial charge in [-0.25, -0.2) is 4.98 Å². The fourth-order valence-electron chi connectivity index (χ4n) is 1.28. The molecule has 1 atom stereocenters. The molecule has 18 heavy (non-hydrogen) atoms. The van der Waals surface area contributed by atoms with E-state index in [1.165, 1.54) is 17.8 Å². The van der Waals surface area contributed by atoms with Gasteiger partial charge in [-0.05, 0) is 27.7 Å². The molecule has 102 valence electrons. The van der Waals surface area contributed by atoms with Crippen LogP contribution in [0.25, 0.3) is 0 Å². The van der Waals surface area contributed by atoms with Crippen molar-refractivity contribution in [3.05, 3.63) is 22.1 Å². The number of hydrogen-bond donors (Lipinski definition) is 3. The largest absolute Gasteiger partial charge is 0.391 e. The number of aliphatic hydroxyl groups is 1. The van der Waals surface area contributed by atoms with E-state index in [1.54, 1.807) is 6.92 Å². The quantitative estimate of drug-likeness (QED) is 0.548. The van der Waals surface area contributed by atoms with Gasteiger partial charge in [0.25, 0.3) is 5.56 Å². The number of nitrogens with zero attached hydrogens (tertiary/aromatic N) is 1. The molecular weight excluding hydrogens is 250 g/mol. The van der Waals surface area contributed by atoms with Crippen molar-refractivity contribution in [2.75, 3.05) is 12.3 Å². The standard InChI is InChI=1S/C12H21N3O2S/c1-8-5-10(17)15-11(14-8)18-7-9(16)6-13-12(2,3)4/h5,9,13,16H,6-7H2,1-4H3,(H,14,15,17). The Morgan fingerprint density at radius 1 is 1.56 bits per heavy atom. The van der Waals surface area contributed by atoms with Crippen molar-refractivity contribution in [1.29, 1.82) is 0 Å². The molecule has 0 aromatic carbocycles. The molecule has 0 fully saturated rings. The average Bonchev–Trinajstić information content (AvgIpc) is 2.21. The summed E-state index contributed by atoms with van der Waals surface area (Å²) in [7, 11) is 0. The Morgan fingerprint density at radius 2 is 2.22 bits per heavy atom. The predicted molar refractivity (Wildman–Crippen MR) is 74.1 cm³/mol. The van der Waals surface area contributed by atoms with Crippen molar-refractivity contribution in [2.24, 2.45) is 0 Å². The van der Waals surface area contributed by atoms with Crippen LogP contribution in [0.3, 0.4) is 0 Å². The van der Waals surface area contributed by atoms with E-state index in [0.29, 0.717) is 23.1 Å². The zero-order chi connectivity index (χ0) is 13.8. The smallest absolute Gasteiger partial charge is 0.251 e. The number of hydrogen-bond acceptors (Lipinski definition) is 5. The van der Waals surface area contributed by atoms with Gasteiger partial charge in [-0.3, -0.25) is 4.79 Å². The van der Waals surface area contributed by atoms with E-state index in [9.17, 15) is 9.90 Å². The lowest BCUT2D eigenvalue weighted by Crippen LogP contribution is -2.41. The third-order valence-corrected chi connectivity index (χ3v) is 3.15. The number of aryl methyl sites for hydroxylation is 1. The molecule has 0 saturated carbocycles. The highest BCUT2D eigenvalue weighted by Gasteiger charge is 2.12. The molecule has 1 heterocycles. The van der Waals surface area contributed by atoms with Crippen LogP contribution >= 0.6 is 11.8 Å². The monoisotopic (exact) mass is 271 g/mol. The molecule has 1 unspecified atom stereocenters. The SMILES string of the molecule is Cc1cc(=O)[nH]c(SCC(O)CNC(C)(C)C)n1. The summed E-state index contributed by atoms with van der Waals surface area (Å²) >= 11 is 1.35. The highest BCUT2D eigenvalue weighted by Crippen LogP contribution is 2.12. The van der Waals surface area contributed by atoms with Crippen LogP contribution in [-0.4, -0.2) is 39.0 Å². The minimum absolute atomic E-state index is 0.0124. The van der Waals surface area contributed by atoms with Crippen molar-refractivity contribution < 1.29 is 5.11 Å². The van der Waals surface area contributed by atoms with Gasteiger partial charge in [0.2, 0.25) is 0 Å². The molecule has 1 aromatic heterocycles. The summed E-state index contributed by atoms with van der Waals surface area (Å²) in [6.45, 7) is 8.44. The van der Waals surface area contributed by atoms with Crippen molar-refractivity contribution in [3.8, 4) is 0 Å². The first-order chi connectivity index (χ1) is 8.26. The van der Waals surface area contributed by atoms with Gasteiger partial charge in [-0.2, -0.15) is 0 Å². The fraction of sp³-hybridized carbons (Fsp3) is 0.667. The van der Waals surface area contributed by atoms with Crippen molar-refractivity contribution >= 4 is 11.8 Å². The van der Waals surface area contributed by atoms with Crippen LogP contribution in [0.4, 0.5) is 0 Å². The minimum Gasteiger partial charge on any atom is -0.391 e. The summed E-state index contributed by atoms with van der Waals surface area (Å²) in [5.41, 5.74) is 0.512. The Hall–Kier alpha value is -0.850. The molecule has 1 rings (SSSR count). The van der Waals surface area contributed by atoms with Gasteiger partial charge in [-0.1, -0.05) is 11.8 Å². The molecule has 0 aliphatic carbocycles. The molecule has 5 nitrogen and oxygen atoms in total. The molecule has 3 N–H and O–H groups in total. The average molecular weight is 271 g/mol. The van der Waals surface area contributed by atoms with Crippen LogP contribution in [0.1, 0.15) is 26.5 Å². The van der Waals surface area contributed by atoms with Gasteiger partial charge >= 0.3 is 0 Å². The lowest BCUT2D eigenvalue weighted by atomic mass is 10.1. The zero-order valence-corrected chi connectivity index (χ0v) is 12.1. The second-order valence-electron chi connectivity index (χ2n) is 5.29.